The fraction of sp³-hybridized carbons (Fsp3) is 0.182. The van der Waals surface area contributed by atoms with Gasteiger partial charge in [-0.2, -0.15) is 0 Å². The lowest BCUT2D eigenvalue weighted by atomic mass is 10.1. The van der Waals surface area contributed by atoms with Gasteiger partial charge in [-0.15, -0.1) is 0 Å². The Kier molecular flexibility index (Phi) is 1.89. The topological polar surface area (TPSA) is 28.7 Å². The lowest BCUT2D eigenvalue weighted by molar-refractivity contribution is 1.20. The molecule has 0 atom stereocenters. The summed E-state index contributed by atoms with van der Waals surface area (Å²) in [6.07, 6.45) is 3.81. The lowest BCUT2D eigenvalue weighted by Gasteiger charge is -2.02. The zero-order valence-electron chi connectivity index (χ0n) is 7.83. The molecule has 1 N–H and O–H groups in total. The van der Waals surface area contributed by atoms with Crippen LogP contribution in [0.15, 0.2) is 30.6 Å². The minimum atomic E-state index is 1.04. The zero-order chi connectivity index (χ0) is 9.26. The molecule has 2 nitrogen and oxygen atoms in total. The van der Waals surface area contributed by atoms with Gasteiger partial charge in [-0.05, 0) is 37.1 Å². The van der Waals surface area contributed by atoms with E-state index in [0.717, 1.165) is 11.4 Å². The third-order valence-corrected chi connectivity index (χ3v) is 2.07. The molecule has 13 heavy (non-hydrogen) atoms. The van der Waals surface area contributed by atoms with E-state index in [9.17, 15) is 0 Å². The number of aryl methyl sites for hydroxylation is 2. The van der Waals surface area contributed by atoms with E-state index < -0.39 is 0 Å². The summed E-state index contributed by atoms with van der Waals surface area (Å²) < 4.78 is 0. The third kappa shape index (κ3) is 1.47. The summed E-state index contributed by atoms with van der Waals surface area (Å²) in [5.74, 6) is 0. The highest BCUT2D eigenvalue weighted by Gasteiger charge is 2.02. The molecule has 66 valence electrons. The predicted molar refractivity (Wildman–Crippen MR) is 53.5 cm³/mol. The maximum atomic E-state index is 4.39. The molecule has 0 spiro atoms. The number of nitrogens with zero attached hydrogens (tertiary/aromatic N) is 1. The van der Waals surface area contributed by atoms with E-state index in [1.54, 1.807) is 0 Å². The van der Waals surface area contributed by atoms with Gasteiger partial charge in [0.2, 0.25) is 0 Å². The van der Waals surface area contributed by atoms with Gasteiger partial charge in [-0.25, -0.2) is 0 Å². The SMILES string of the molecule is Cc1cnc(-c2ccc[nH]2)c(C)c1. The lowest BCUT2D eigenvalue weighted by Crippen LogP contribution is -1.89. The van der Waals surface area contributed by atoms with E-state index in [2.05, 4.69) is 29.9 Å². The smallest absolute Gasteiger partial charge is 0.0893 e. The van der Waals surface area contributed by atoms with Gasteiger partial charge in [-0.1, -0.05) is 6.07 Å². The van der Waals surface area contributed by atoms with Crippen molar-refractivity contribution < 1.29 is 0 Å². The molecule has 0 unspecified atom stereocenters. The first-order chi connectivity index (χ1) is 6.27. The number of nitrogens with one attached hydrogen (secondary N) is 1. The number of rotatable bonds is 1. The zero-order valence-corrected chi connectivity index (χ0v) is 7.83. The second-order valence-corrected chi connectivity index (χ2v) is 3.26. The first kappa shape index (κ1) is 8.05. The molecule has 0 aliphatic carbocycles. The van der Waals surface area contributed by atoms with Crippen molar-refractivity contribution in [3.63, 3.8) is 0 Å². The quantitative estimate of drug-likeness (QED) is 0.704. The summed E-state index contributed by atoms with van der Waals surface area (Å²) >= 11 is 0. The Morgan fingerprint density at radius 2 is 2.15 bits per heavy atom. The van der Waals surface area contributed by atoms with Crippen molar-refractivity contribution in [1.82, 2.24) is 9.97 Å². The molecule has 0 amide bonds. The molecule has 0 aliphatic rings. The second-order valence-electron chi connectivity index (χ2n) is 3.26. The van der Waals surface area contributed by atoms with Crippen LogP contribution in [-0.4, -0.2) is 9.97 Å². The van der Waals surface area contributed by atoms with Crippen LogP contribution < -0.4 is 0 Å². The van der Waals surface area contributed by atoms with Gasteiger partial charge >= 0.3 is 0 Å². The molecule has 2 aromatic heterocycles. The van der Waals surface area contributed by atoms with Crippen molar-refractivity contribution >= 4 is 0 Å². The summed E-state index contributed by atoms with van der Waals surface area (Å²) in [5, 5.41) is 0. The Morgan fingerprint density at radius 1 is 1.31 bits per heavy atom. The van der Waals surface area contributed by atoms with Gasteiger partial charge in [0, 0.05) is 12.4 Å². The predicted octanol–water partition coefficient (Wildman–Crippen LogP) is 2.69. The minimum absolute atomic E-state index is 1.04. The van der Waals surface area contributed by atoms with Gasteiger partial charge in [-0.3, -0.25) is 4.98 Å². The number of hydrogen-bond donors (Lipinski definition) is 1. The molecule has 0 bridgehead atoms. The highest BCUT2D eigenvalue weighted by Crippen LogP contribution is 2.18. The number of aromatic nitrogens is 2. The minimum Gasteiger partial charge on any atom is -0.360 e. The average molecular weight is 172 g/mol. The fourth-order valence-electron chi connectivity index (χ4n) is 1.47. The largest absolute Gasteiger partial charge is 0.360 e. The van der Waals surface area contributed by atoms with Gasteiger partial charge in [0.05, 0.1) is 11.4 Å². The summed E-state index contributed by atoms with van der Waals surface area (Å²) in [7, 11) is 0. The number of hydrogen-bond acceptors (Lipinski definition) is 1. The molecule has 2 heterocycles. The maximum Gasteiger partial charge on any atom is 0.0893 e. The number of aromatic amines is 1. The molecule has 2 aromatic rings. The van der Waals surface area contributed by atoms with Crippen LogP contribution in [0.5, 0.6) is 0 Å². The first-order valence-corrected chi connectivity index (χ1v) is 4.34. The molecule has 0 fully saturated rings. The van der Waals surface area contributed by atoms with Crippen molar-refractivity contribution in [3.8, 4) is 11.4 Å². The molecule has 0 aliphatic heterocycles. The van der Waals surface area contributed by atoms with Gasteiger partial charge in [0.25, 0.3) is 0 Å². The van der Waals surface area contributed by atoms with Crippen LogP contribution in [0.2, 0.25) is 0 Å². The van der Waals surface area contributed by atoms with Gasteiger partial charge in [0.15, 0.2) is 0 Å². The number of H-pyrrole nitrogens is 1. The highest BCUT2D eigenvalue weighted by molar-refractivity contribution is 5.58. The fourth-order valence-corrected chi connectivity index (χ4v) is 1.47. The van der Waals surface area contributed by atoms with E-state index >= 15 is 0 Å². The summed E-state index contributed by atoms with van der Waals surface area (Å²) in [6, 6.07) is 6.16. The van der Waals surface area contributed by atoms with E-state index in [4.69, 9.17) is 0 Å². The highest BCUT2D eigenvalue weighted by atomic mass is 14.8. The summed E-state index contributed by atoms with van der Waals surface area (Å²) in [4.78, 5) is 7.54. The Balaban J connectivity index is 2.53. The van der Waals surface area contributed by atoms with Crippen molar-refractivity contribution in [2.24, 2.45) is 0 Å². The third-order valence-electron chi connectivity index (χ3n) is 2.07. The molecule has 0 saturated carbocycles. The van der Waals surface area contributed by atoms with Crippen molar-refractivity contribution in [3.05, 3.63) is 41.7 Å². The average Bonchev–Trinajstić information content (AvgIpc) is 2.56. The van der Waals surface area contributed by atoms with E-state index in [1.807, 2.05) is 24.5 Å². The van der Waals surface area contributed by atoms with E-state index in [1.165, 1.54) is 11.1 Å². The summed E-state index contributed by atoms with van der Waals surface area (Å²) in [6.45, 7) is 4.13. The van der Waals surface area contributed by atoms with Crippen LogP contribution in [0.25, 0.3) is 11.4 Å². The summed E-state index contributed by atoms with van der Waals surface area (Å²) in [5.41, 5.74) is 4.53. The molecule has 2 rings (SSSR count). The Hall–Kier alpha value is -1.57. The van der Waals surface area contributed by atoms with Crippen LogP contribution >= 0.6 is 0 Å². The van der Waals surface area contributed by atoms with Crippen LogP contribution in [0.3, 0.4) is 0 Å². The van der Waals surface area contributed by atoms with Crippen LogP contribution in [-0.2, 0) is 0 Å². The van der Waals surface area contributed by atoms with Crippen molar-refractivity contribution in [1.29, 1.82) is 0 Å². The van der Waals surface area contributed by atoms with Crippen LogP contribution in [0.4, 0.5) is 0 Å². The van der Waals surface area contributed by atoms with Crippen molar-refractivity contribution in [2.45, 2.75) is 13.8 Å². The monoisotopic (exact) mass is 172 g/mol. The van der Waals surface area contributed by atoms with E-state index in [0.29, 0.717) is 0 Å². The molecule has 0 radical (unpaired) electrons. The number of pyridine rings is 1. The Labute approximate surface area is 77.6 Å². The van der Waals surface area contributed by atoms with Gasteiger partial charge in [0.1, 0.15) is 0 Å². The van der Waals surface area contributed by atoms with E-state index in [-0.39, 0.29) is 0 Å². The van der Waals surface area contributed by atoms with Crippen LogP contribution in [0, 0.1) is 13.8 Å². The molecule has 2 heteroatoms. The molecule has 0 aromatic carbocycles. The van der Waals surface area contributed by atoms with Crippen molar-refractivity contribution in [2.75, 3.05) is 0 Å². The van der Waals surface area contributed by atoms with Crippen LogP contribution in [0.1, 0.15) is 11.1 Å². The Bertz CT molecular complexity index is 402. The Morgan fingerprint density at radius 3 is 2.77 bits per heavy atom. The molecular formula is C11H12N2. The second kappa shape index (κ2) is 3.05. The van der Waals surface area contributed by atoms with Gasteiger partial charge < -0.3 is 4.98 Å². The maximum absolute atomic E-state index is 4.39. The molecular weight excluding hydrogens is 160 g/mol. The molecule has 0 saturated heterocycles. The first-order valence-electron chi connectivity index (χ1n) is 4.34. The standard InChI is InChI=1S/C11H12N2/c1-8-6-9(2)11(13-7-8)10-4-3-5-12-10/h3-7,12H,1-2H3. The normalized spacial score (nSPS) is 10.3.